The highest BCUT2D eigenvalue weighted by molar-refractivity contribution is 6.04. The Morgan fingerprint density at radius 2 is 1.79 bits per heavy atom. The lowest BCUT2D eigenvalue weighted by atomic mass is 10.1. The highest BCUT2D eigenvalue weighted by Crippen LogP contribution is 2.26. The molecule has 1 aromatic heterocycles. The number of esters is 1. The Hall–Kier alpha value is -3.55. The minimum absolute atomic E-state index is 0.0440. The lowest BCUT2D eigenvalue weighted by Gasteiger charge is -2.16. The van der Waals surface area contributed by atoms with Gasteiger partial charge in [-0.3, -0.25) is 9.78 Å². The van der Waals surface area contributed by atoms with Gasteiger partial charge >= 0.3 is 12.6 Å². The van der Waals surface area contributed by atoms with Crippen LogP contribution >= 0.6 is 0 Å². The molecular weight excluding hydrogens is 370 g/mol. The quantitative estimate of drug-likeness (QED) is 0.648. The zero-order chi connectivity index (χ0) is 20.1. The number of hydrogen-bond donors (Lipinski definition) is 1. The monoisotopic (exact) mass is 386 g/mol. The number of nitrogens with zero attached hydrogens (tertiary/aromatic N) is 1. The number of alkyl halides is 2. The molecular formula is C20H16F2N2O4. The van der Waals surface area contributed by atoms with Crippen LogP contribution in [0.1, 0.15) is 17.3 Å². The van der Waals surface area contributed by atoms with E-state index in [-0.39, 0.29) is 17.0 Å². The molecule has 0 aliphatic carbocycles. The number of pyridine rings is 1. The molecule has 1 amide bonds. The van der Waals surface area contributed by atoms with Crippen LogP contribution in [0.3, 0.4) is 0 Å². The molecule has 1 atom stereocenters. The third-order valence-corrected chi connectivity index (χ3v) is 3.87. The molecule has 0 spiro atoms. The molecule has 0 fully saturated rings. The van der Waals surface area contributed by atoms with Crippen molar-refractivity contribution < 1.29 is 27.8 Å². The van der Waals surface area contributed by atoms with E-state index in [0.29, 0.717) is 5.52 Å². The van der Waals surface area contributed by atoms with E-state index in [0.717, 1.165) is 5.39 Å². The van der Waals surface area contributed by atoms with Crippen molar-refractivity contribution in [2.45, 2.75) is 19.6 Å². The molecule has 1 heterocycles. The average molecular weight is 386 g/mol. The largest absolute Gasteiger partial charge is 0.449 e. The summed E-state index contributed by atoms with van der Waals surface area (Å²) >= 11 is 0. The van der Waals surface area contributed by atoms with Gasteiger partial charge in [0.2, 0.25) is 0 Å². The number of carbonyl (C=O) groups excluding carboxylic acids is 2. The number of fused-ring (bicyclic) bond motifs is 1. The molecule has 3 aromatic rings. The Morgan fingerprint density at radius 3 is 2.57 bits per heavy atom. The first-order valence-electron chi connectivity index (χ1n) is 8.35. The fourth-order valence-electron chi connectivity index (χ4n) is 2.55. The van der Waals surface area contributed by atoms with Crippen LogP contribution in [0.15, 0.2) is 60.8 Å². The number of anilines is 1. The fourth-order valence-corrected chi connectivity index (χ4v) is 2.55. The predicted octanol–water partition coefficient (Wildman–Crippen LogP) is 4.02. The van der Waals surface area contributed by atoms with Gasteiger partial charge in [-0.2, -0.15) is 8.78 Å². The zero-order valence-corrected chi connectivity index (χ0v) is 14.8. The Bertz CT molecular complexity index is 1000. The number of carbonyl (C=O) groups is 2. The lowest BCUT2D eigenvalue weighted by molar-refractivity contribution is -0.123. The van der Waals surface area contributed by atoms with Crippen LogP contribution in [-0.2, 0) is 9.53 Å². The maximum Gasteiger partial charge on any atom is 0.387 e. The smallest absolute Gasteiger partial charge is 0.387 e. The van der Waals surface area contributed by atoms with Gasteiger partial charge in [-0.05, 0) is 31.2 Å². The van der Waals surface area contributed by atoms with Crippen molar-refractivity contribution in [3.8, 4) is 5.75 Å². The summed E-state index contributed by atoms with van der Waals surface area (Å²) in [6, 6.07) is 14.3. The summed E-state index contributed by atoms with van der Waals surface area (Å²) < 4.78 is 34.5. The van der Waals surface area contributed by atoms with Gasteiger partial charge in [0.15, 0.2) is 6.10 Å². The van der Waals surface area contributed by atoms with Crippen LogP contribution in [-0.4, -0.2) is 29.6 Å². The van der Waals surface area contributed by atoms with E-state index in [4.69, 9.17) is 4.74 Å². The third-order valence-electron chi connectivity index (χ3n) is 3.87. The summed E-state index contributed by atoms with van der Waals surface area (Å²) in [5.74, 6) is -1.60. The molecule has 0 unspecified atom stereocenters. The number of nitrogens with one attached hydrogen (secondary N) is 1. The van der Waals surface area contributed by atoms with E-state index in [2.05, 4.69) is 15.0 Å². The molecule has 6 nitrogen and oxygen atoms in total. The fraction of sp³-hybridized carbons (Fsp3) is 0.150. The predicted molar refractivity (Wildman–Crippen MR) is 98.3 cm³/mol. The van der Waals surface area contributed by atoms with E-state index < -0.39 is 24.6 Å². The van der Waals surface area contributed by atoms with E-state index >= 15 is 0 Å². The summed E-state index contributed by atoms with van der Waals surface area (Å²) in [5.41, 5.74) is 0.722. The summed E-state index contributed by atoms with van der Waals surface area (Å²) in [7, 11) is 0. The minimum Gasteiger partial charge on any atom is -0.449 e. The average Bonchev–Trinajstić information content (AvgIpc) is 2.68. The molecule has 0 radical (unpaired) electrons. The van der Waals surface area contributed by atoms with Crippen LogP contribution in [0.25, 0.3) is 10.9 Å². The van der Waals surface area contributed by atoms with Crippen molar-refractivity contribution >= 4 is 28.5 Å². The molecule has 144 valence electrons. The highest BCUT2D eigenvalue weighted by atomic mass is 19.3. The van der Waals surface area contributed by atoms with Crippen molar-refractivity contribution in [1.82, 2.24) is 4.98 Å². The Balaban J connectivity index is 1.72. The molecule has 0 saturated heterocycles. The van der Waals surface area contributed by atoms with Crippen LogP contribution in [0.4, 0.5) is 14.5 Å². The maximum absolute atomic E-state index is 12.5. The second-order valence-corrected chi connectivity index (χ2v) is 5.79. The van der Waals surface area contributed by atoms with Crippen molar-refractivity contribution in [1.29, 1.82) is 0 Å². The number of para-hydroxylation sites is 3. The van der Waals surface area contributed by atoms with Gasteiger partial charge in [-0.1, -0.05) is 30.3 Å². The van der Waals surface area contributed by atoms with Crippen LogP contribution in [0, 0.1) is 0 Å². The number of amides is 1. The summed E-state index contributed by atoms with van der Waals surface area (Å²) in [6.45, 7) is -1.66. The lowest BCUT2D eigenvalue weighted by Crippen LogP contribution is -2.30. The van der Waals surface area contributed by atoms with Gasteiger partial charge in [0, 0.05) is 11.6 Å². The van der Waals surface area contributed by atoms with Crippen molar-refractivity contribution in [3.63, 3.8) is 0 Å². The number of ether oxygens (including phenoxy) is 2. The first kappa shape index (κ1) is 19.2. The second kappa shape index (κ2) is 8.43. The standard InChI is InChI=1S/C20H16F2N2O4/c1-12(18(25)24-15-9-2-3-10-16(15)28-20(21)22)27-19(26)14-8-4-6-13-7-5-11-23-17(13)14/h2-12,20H,1H3,(H,24,25)/t12-/m1/s1. The second-order valence-electron chi connectivity index (χ2n) is 5.79. The van der Waals surface area contributed by atoms with Gasteiger partial charge in [0.05, 0.1) is 16.8 Å². The van der Waals surface area contributed by atoms with Crippen LogP contribution in [0.5, 0.6) is 5.75 Å². The van der Waals surface area contributed by atoms with Crippen molar-refractivity contribution in [3.05, 3.63) is 66.4 Å². The van der Waals surface area contributed by atoms with Crippen molar-refractivity contribution in [2.75, 3.05) is 5.32 Å². The molecule has 0 bridgehead atoms. The minimum atomic E-state index is -3.04. The number of hydrogen-bond acceptors (Lipinski definition) is 5. The first-order valence-corrected chi connectivity index (χ1v) is 8.35. The third kappa shape index (κ3) is 4.40. The first-order chi connectivity index (χ1) is 13.5. The molecule has 28 heavy (non-hydrogen) atoms. The summed E-state index contributed by atoms with van der Waals surface area (Å²) in [4.78, 5) is 29.0. The van der Waals surface area contributed by atoms with Crippen LogP contribution in [0.2, 0.25) is 0 Å². The normalized spacial score (nSPS) is 11.9. The van der Waals surface area contributed by atoms with E-state index in [1.807, 2.05) is 0 Å². The van der Waals surface area contributed by atoms with Gasteiger partial charge in [0.1, 0.15) is 5.75 Å². The Labute approximate surface area is 159 Å². The van der Waals surface area contributed by atoms with Gasteiger partial charge < -0.3 is 14.8 Å². The maximum atomic E-state index is 12.5. The number of aromatic nitrogens is 1. The topological polar surface area (TPSA) is 77.5 Å². The molecule has 0 aliphatic heterocycles. The SMILES string of the molecule is C[C@@H](OC(=O)c1cccc2cccnc12)C(=O)Nc1ccccc1OC(F)F. The molecule has 3 rings (SSSR count). The highest BCUT2D eigenvalue weighted by Gasteiger charge is 2.22. The van der Waals surface area contributed by atoms with Crippen molar-refractivity contribution in [2.24, 2.45) is 0 Å². The van der Waals surface area contributed by atoms with E-state index in [1.165, 1.54) is 25.1 Å². The van der Waals surface area contributed by atoms with Gasteiger partial charge in [-0.25, -0.2) is 4.79 Å². The number of halogens is 2. The Kier molecular flexibility index (Phi) is 5.78. The molecule has 0 aliphatic rings. The number of rotatable bonds is 6. The molecule has 2 aromatic carbocycles. The van der Waals surface area contributed by atoms with E-state index in [1.54, 1.807) is 42.6 Å². The van der Waals surface area contributed by atoms with E-state index in [9.17, 15) is 18.4 Å². The molecule has 1 N–H and O–H groups in total. The van der Waals surface area contributed by atoms with Gasteiger partial charge in [-0.15, -0.1) is 0 Å². The zero-order valence-electron chi connectivity index (χ0n) is 14.8. The molecule has 0 saturated carbocycles. The Morgan fingerprint density at radius 1 is 1.04 bits per heavy atom. The summed E-state index contributed by atoms with van der Waals surface area (Å²) in [5, 5.41) is 3.18. The number of benzene rings is 2. The van der Waals surface area contributed by atoms with Crippen LogP contribution < -0.4 is 10.1 Å². The molecule has 8 heteroatoms. The summed E-state index contributed by atoms with van der Waals surface area (Å²) in [6.07, 6.45) is 0.376. The van der Waals surface area contributed by atoms with Gasteiger partial charge in [0.25, 0.3) is 5.91 Å².